The third-order valence-corrected chi connectivity index (χ3v) is 5.01. The minimum atomic E-state index is 0.748. The molecule has 0 radical (unpaired) electrons. The Bertz CT molecular complexity index is 885. The molecule has 0 bridgehead atoms. The molecule has 2 aromatic heterocycles. The molecular weight excluding hydrogens is 350 g/mol. The molecule has 0 atom stereocenters. The quantitative estimate of drug-likeness (QED) is 0.600. The van der Waals surface area contributed by atoms with Gasteiger partial charge in [0.2, 0.25) is 0 Å². The van der Waals surface area contributed by atoms with Gasteiger partial charge in [0.25, 0.3) is 0 Å². The molecule has 1 N–H and O–H groups in total. The second-order valence-electron chi connectivity index (χ2n) is 7.29. The van der Waals surface area contributed by atoms with E-state index in [-0.39, 0.29) is 0 Å². The summed E-state index contributed by atoms with van der Waals surface area (Å²) < 4.78 is 7.42. The van der Waals surface area contributed by atoms with Crippen molar-refractivity contribution in [2.24, 2.45) is 4.99 Å². The highest BCUT2D eigenvalue weighted by Gasteiger charge is 2.19. The van der Waals surface area contributed by atoms with Crippen molar-refractivity contribution in [2.75, 3.05) is 7.11 Å². The molecule has 1 aliphatic heterocycles. The van der Waals surface area contributed by atoms with Crippen molar-refractivity contribution < 1.29 is 4.74 Å². The third kappa shape index (κ3) is 4.80. The van der Waals surface area contributed by atoms with Crippen molar-refractivity contribution >= 4 is 11.8 Å². The number of rotatable bonds is 10. The van der Waals surface area contributed by atoms with Crippen LogP contribution in [0.5, 0.6) is 0 Å². The lowest BCUT2D eigenvalue weighted by Gasteiger charge is -2.00. The van der Waals surface area contributed by atoms with Gasteiger partial charge in [0.05, 0.1) is 19.0 Å². The molecule has 2 aromatic rings. The maximum absolute atomic E-state index is 5.55. The first-order valence-corrected chi connectivity index (χ1v) is 10.3. The SMILES string of the molecule is CCCCCc1cc(/C=C2\N=C(c3cn(CCCC)nn3)C=C2OC)[nH]c1C. The van der Waals surface area contributed by atoms with Crippen LogP contribution in [-0.2, 0) is 17.7 Å². The Hall–Kier alpha value is -2.63. The number of aromatic amines is 1. The summed E-state index contributed by atoms with van der Waals surface area (Å²) in [6.45, 7) is 7.41. The number of aliphatic imine (C=N–C) groups is 1. The summed E-state index contributed by atoms with van der Waals surface area (Å²) in [7, 11) is 1.67. The smallest absolute Gasteiger partial charge is 0.146 e. The maximum Gasteiger partial charge on any atom is 0.146 e. The van der Waals surface area contributed by atoms with Gasteiger partial charge in [0.15, 0.2) is 0 Å². The highest BCUT2D eigenvalue weighted by molar-refractivity contribution is 6.10. The van der Waals surface area contributed by atoms with Crippen LogP contribution in [0.2, 0.25) is 0 Å². The predicted octanol–water partition coefficient (Wildman–Crippen LogP) is 4.82. The van der Waals surface area contributed by atoms with Gasteiger partial charge in [-0.05, 0) is 43.9 Å². The van der Waals surface area contributed by atoms with E-state index in [1.807, 2.05) is 23.0 Å². The molecule has 6 heteroatoms. The van der Waals surface area contributed by atoms with Crippen LogP contribution in [0.3, 0.4) is 0 Å². The van der Waals surface area contributed by atoms with Crippen LogP contribution in [0.15, 0.2) is 34.8 Å². The second kappa shape index (κ2) is 9.53. The van der Waals surface area contributed by atoms with E-state index >= 15 is 0 Å². The largest absolute Gasteiger partial charge is 0.494 e. The van der Waals surface area contributed by atoms with Crippen molar-refractivity contribution in [1.82, 2.24) is 20.0 Å². The van der Waals surface area contributed by atoms with E-state index in [0.717, 1.165) is 54.4 Å². The van der Waals surface area contributed by atoms with Crippen LogP contribution in [0.1, 0.15) is 68.6 Å². The number of nitrogens with zero attached hydrogens (tertiary/aromatic N) is 4. The zero-order valence-electron chi connectivity index (χ0n) is 17.5. The van der Waals surface area contributed by atoms with Gasteiger partial charge in [-0.2, -0.15) is 0 Å². The Morgan fingerprint density at radius 1 is 1.18 bits per heavy atom. The first-order chi connectivity index (χ1) is 13.6. The number of hydrogen-bond donors (Lipinski definition) is 1. The average Bonchev–Trinajstić information content (AvgIpc) is 3.39. The lowest BCUT2D eigenvalue weighted by atomic mass is 10.1. The summed E-state index contributed by atoms with van der Waals surface area (Å²) >= 11 is 0. The average molecular weight is 382 g/mol. The summed E-state index contributed by atoms with van der Waals surface area (Å²) in [6, 6.07) is 2.22. The molecule has 0 fully saturated rings. The van der Waals surface area contributed by atoms with E-state index in [1.165, 1.54) is 30.5 Å². The van der Waals surface area contributed by atoms with E-state index in [9.17, 15) is 0 Å². The highest BCUT2D eigenvalue weighted by atomic mass is 16.5. The molecule has 0 spiro atoms. The van der Waals surface area contributed by atoms with E-state index in [0.29, 0.717) is 0 Å². The monoisotopic (exact) mass is 381 g/mol. The molecule has 3 rings (SSSR count). The zero-order valence-corrected chi connectivity index (χ0v) is 17.5. The maximum atomic E-state index is 5.55. The number of allylic oxidation sites excluding steroid dienone is 1. The van der Waals surface area contributed by atoms with Gasteiger partial charge in [0.1, 0.15) is 17.2 Å². The van der Waals surface area contributed by atoms with E-state index in [1.54, 1.807) is 7.11 Å². The predicted molar refractivity (Wildman–Crippen MR) is 113 cm³/mol. The van der Waals surface area contributed by atoms with Crippen molar-refractivity contribution in [1.29, 1.82) is 0 Å². The number of methoxy groups -OCH3 is 1. The van der Waals surface area contributed by atoms with Crippen LogP contribution >= 0.6 is 0 Å². The number of aromatic nitrogens is 4. The van der Waals surface area contributed by atoms with Gasteiger partial charge < -0.3 is 9.72 Å². The van der Waals surface area contributed by atoms with Gasteiger partial charge in [0, 0.05) is 24.0 Å². The Balaban J connectivity index is 1.79. The Morgan fingerprint density at radius 2 is 2.00 bits per heavy atom. The molecule has 28 heavy (non-hydrogen) atoms. The van der Waals surface area contributed by atoms with Gasteiger partial charge >= 0.3 is 0 Å². The lowest BCUT2D eigenvalue weighted by Crippen LogP contribution is -1.98. The van der Waals surface area contributed by atoms with Crippen molar-refractivity contribution in [3.8, 4) is 0 Å². The molecule has 0 unspecified atom stereocenters. The van der Waals surface area contributed by atoms with E-state index in [4.69, 9.17) is 9.73 Å². The minimum Gasteiger partial charge on any atom is -0.494 e. The number of H-pyrrole nitrogens is 1. The van der Waals surface area contributed by atoms with Crippen molar-refractivity contribution in [3.05, 3.63) is 52.4 Å². The number of nitrogens with one attached hydrogen (secondary N) is 1. The Morgan fingerprint density at radius 3 is 2.75 bits per heavy atom. The molecule has 150 valence electrons. The fraction of sp³-hybridized carbons (Fsp3) is 0.500. The van der Waals surface area contributed by atoms with Crippen molar-refractivity contribution in [3.63, 3.8) is 0 Å². The summed E-state index contributed by atoms with van der Waals surface area (Å²) in [5.41, 5.74) is 6.03. The van der Waals surface area contributed by atoms with Crippen LogP contribution in [-0.4, -0.2) is 32.8 Å². The first-order valence-electron chi connectivity index (χ1n) is 10.3. The van der Waals surface area contributed by atoms with Crippen LogP contribution in [0, 0.1) is 6.92 Å². The van der Waals surface area contributed by atoms with Gasteiger partial charge in [-0.25, -0.2) is 4.99 Å². The standard InChI is InChI=1S/C22H31N5O/c1-5-7-9-10-17-12-18(23-16(17)3)13-20-22(28-4)14-19(24-20)21-15-27(26-25-21)11-8-6-2/h12-15,23H,5-11H2,1-4H3/b20-13-. The normalized spacial score (nSPS) is 15.2. The first kappa shape index (κ1) is 20.1. The summed E-state index contributed by atoms with van der Waals surface area (Å²) in [5.74, 6) is 0.748. The summed E-state index contributed by atoms with van der Waals surface area (Å²) in [6.07, 6.45) is 13.0. The van der Waals surface area contributed by atoms with E-state index in [2.05, 4.69) is 42.1 Å². The summed E-state index contributed by atoms with van der Waals surface area (Å²) in [5, 5.41) is 8.47. The Labute approximate surface area is 167 Å². The van der Waals surface area contributed by atoms with Crippen LogP contribution in [0.25, 0.3) is 6.08 Å². The number of hydrogen-bond acceptors (Lipinski definition) is 4. The molecule has 1 aliphatic rings. The Kier molecular flexibility index (Phi) is 6.85. The molecule has 3 heterocycles. The van der Waals surface area contributed by atoms with Crippen LogP contribution < -0.4 is 0 Å². The third-order valence-electron chi connectivity index (χ3n) is 5.01. The molecule has 0 saturated carbocycles. The fourth-order valence-electron chi connectivity index (χ4n) is 3.34. The second-order valence-corrected chi connectivity index (χ2v) is 7.29. The fourth-order valence-corrected chi connectivity index (χ4v) is 3.34. The molecule has 0 amide bonds. The van der Waals surface area contributed by atoms with Gasteiger partial charge in [-0.1, -0.05) is 38.3 Å². The van der Waals surface area contributed by atoms with Gasteiger partial charge in [-0.3, -0.25) is 4.68 Å². The number of unbranched alkanes of at least 4 members (excludes halogenated alkanes) is 3. The molecule has 0 aromatic carbocycles. The summed E-state index contributed by atoms with van der Waals surface area (Å²) in [4.78, 5) is 8.20. The number of aryl methyl sites for hydroxylation is 3. The van der Waals surface area contributed by atoms with Crippen molar-refractivity contribution in [2.45, 2.75) is 65.8 Å². The van der Waals surface area contributed by atoms with E-state index < -0.39 is 0 Å². The van der Waals surface area contributed by atoms with Gasteiger partial charge in [-0.15, -0.1) is 5.10 Å². The van der Waals surface area contributed by atoms with Crippen LogP contribution in [0.4, 0.5) is 0 Å². The minimum absolute atomic E-state index is 0.748. The molecule has 0 saturated heterocycles. The molecule has 6 nitrogen and oxygen atoms in total. The lowest BCUT2D eigenvalue weighted by molar-refractivity contribution is 0.303. The zero-order chi connectivity index (χ0) is 19.9. The molecule has 0 aliphatic carbocycles. The molecular formula is C22H31N5O. The number of ether oxygens (including phenoxy) is 1. The highest BCUT2D eigenvalue weighted by Crippen LogP contribution is 2.25. The topological polar surface area (TPSA) is 68.1 Å².